The Bertz CT molecular complexity index is 381. The summed E-state index contributed by atoms with van der Waals surface area (Å²) in [5, 5.41) is 0. The Morgan fingerprint density at radius 1 is 1.50 bits per heavy atom. The van der Waals surface area contributed by atoms with E-state index >= 15 is 0 Å². The molecule has 3 heteroatoms. The van der Waals surface area contributed by atoms with Crippen molar-refractivity contribution in [1.82, 2.24) is 4.98 Å². The third-order valence-electron chi connectivity index (χ3n) is 1.61. The number of aromatic nitrogens is 1. The van der Waals surface area contributed by atoms with Crippen LogP contribution in [0.25, 0.3) is 11.1 Å². The van der Waals surface area contributed by atoms with Crippen molar-refractivity contribution in [3.05, 3.63) is 24.6 Å². The molecule has 62 valence electrons. The molecule has 2 rings (SSSR count). The molecule has 1 heterocycles. The largest absolute Gasteiger partial charge is 0.494 e. The molecular formula is C9H9NO2. The Balaban J connectivity index is 2.46. The average molecular weight is 163 g/mol. The molecule has 0 amide bonds. The first-order chi connectivity index (χ1) is 5.90. The van der Waals surface area contributed by atoms with E-state index in [-0.39, 0.29) is 0 Å². The second-order valence-corrected chi connectivity index (χ2v) is 2.41. The number of fused-ring (bicyclic) bond motifs is 1. The molecule has 0 N–H and O–H groups in total. The third-order valence-corrected chi connectivity index (χ3v) is 1.61. The van der Waals surface area contributed by atoms with Crippen molar-refractivity contribution >= 4 is 11.1 Å². The maximum atomic E-state index is 5.30. The van der Waals surface area contributed by atoms with Gasteiger partial charge in [0.15, 0.2) is 12.0 Å². The van der Waals surface area contributed by atoms with Crippen molar-refractivity contribution in [2.75, 3.05) is 6.61 Å². The number of hydrogen-bond acceptors (Lipinski definition) is 3. The summed E-state index contributed by atoms with van der Waals surface area (Å²) in [7, 11) is 0. The van der Waals surface area contributed by atoms with Gasteiger partial charge < -0.3 is 9.15 Å². The molecule has 0 unspecified atom stereocenters. The predicted octanol–water partition coefficient (Wildman–Crippen LogP) is 2.23. The Kier molecular flexibility index (Phi) is 1.70. The van der Waals surface area contributed by atoms with E-state index in [2.05, 4.69) is 4.98 Å². The van der Waals surface area contributed by atoms with Crippen LogP contribution < -0.4 is 4.74 Å². The van der Waals surface area contributed by atoms with Crippen LogP contribution in [-0.2, 0) is 0 Å². The Morgan fingerprint density at radius 2 is 2.42 bits per heavy atom. The van der Waals surface area contributed by atoms with Crippen LogP contribution in [0.15, 0.2) is 29.0 Å². The molecule has 0 saturated heterocycles. The molecule has 0 aliphatic carbocycles. The Labute approximate surface area is 70.0 Å². The fraction of sp³-hybridized carbons (Fsp3) is 0.222. The Morgan fingerprint density at radius 3 is 3.25 bits per heavy atom. The molecular weight excluding hydrogens is 154 g/mol. The molecule has 0 fully saturated rings. The van der Waals surface area contributed by atoms with Gasteiger partial charge >= 0.3 is 0 Å². The highest BCUT2D eigenvalue weighted by molar-refractivity contribution is 5.73. The number of ether oxygens (including phenoxy) is 1. The smallest absolute Gasteiger partial charge is 0.181 e. The summed E-state index contributed by atoms with van der Waals surface area (Å²) >= 11 is 0. The highest BCUT2D eigenvalue weighted by Gasteiger charge is 1.99. The summed E-state index contributed by atoms with van der Waals surface area (Å²) in [5.74, 6) is 0.832. The lowest BCUT2D eigenvalue weighted by Gasteiger charge is -2.00. The first kappa shape index (κ1) is 7.16. The van der Waals surface area contributed by atoms with Gasteiger partial charge in [-0.05, 0) is 19.1 Å². The molecule has 3 nitrogen and oxygen atoms in total. The minimum atomic E-state index is 0.670. The molecule has 0 bridgehead atoms. The van der Waals surface area contributed by atoms with E-state index in [9.17, 15) is 0 Å². The van der Waals surface area contributed by atoms with Crippen LogP contribution in [0.1, 0.15) is 6.92 Å². The van der Waals surface area contributed by atoms with Crippen LogP contribution in [0.4, 0.5) is 0 Å². The zero-order chi connectivity index (χ0) is 8.39. The number of rotatable bonds is 2. The molecule has 2 aromatic rings. The van der Waals surface area contributed by atoms with Gasteiger partial charge in [0.1, 0.15) is 11.3 Å². The van der Waals surface area contributed by atoms with Crippen molar-refractivity contribution in [2.45, 2.75) is 6.92 Å². The van der Waals surface area contributed by atoms with Gasteiger partial charge in [-0.25, -0.2) is 4.98 Å². The minimum Gasteiger partial charge on any atom is -0.494 e. The van der Waals surface area contributed by atoms with E-state index in [1.807, 2.05) is 25.1 Å². The van der Waals surface area contributed by atoms with Crippen LogP contribution in [0.2, 0.25) is 0 Å². The SMILES string of the molecule is CCOc1ccc2ocnc2c1. The third kappa shape index (κ3) is 1.13. The van der Waals surface area contributed by atoms with Gasteiger partial charge in [-0.3, -0.25) is 0 Å². The molecule has 0 saturated carbocycles. The van der Waals surface area contributed by atoms with Crippen molar-refractivity contribution < 1.29 is 9.15 Å². The predicted molar refractivity (Wildman–Crippen MR) is 45.2 cm³/mol. The van der Waals surface area contributed by atoms with Gasteiger partial charge in [0, 0.05) is 6.07 Å². The molecule has 0 radical (unpaired) electrons. The lowest BCUT2D eigenvalue weighted by atomic mass is 10.3. The molecule has 0 aliphatic rings. The summed E-state index contributed by atoms with van der Waals surface area (Å²) in [6.45, 7) is 2.62. The van der Waals surface area contributed by atoms with Gasteiger partial charge in [0.2, 0.25) is 0 Å². The van der Waals surface area contributed by atoms with Crippen LogP contribution in [0, 0.1) is 0 Å². The standard InChI is InChI=1S/C9H9NO2/c1-2-11-7-3-4-9-8(5-7)10-6-12-9/h3-6H,2H2,1H3. The topological polar surface area (TPSA) is 35.3 Å². The number of nitrogens with zero attached hydrogens (tertiary/aromatic N) is 1. The zero-order valence-corrected chi connectivity index (χ0v) is 6.78. The lowest BCUT2D eigenvalue weighted by molar-refractivity contribution is 0.340. The monoisotopic (exact) mass is 163 g/mol. The molecule has 12 heavy (non-hydrogen) atoms. The van der Waals surface area contributed by atoms with E-state index in [1.54, 1.807) is 0 Å². The maximum Gasteiger partial charge on any atom is 0.181 e. The maximum absolute atomic E-state index is 5.30. The fourth-order valence-corrected chi connectivity index (χ4v) is 1.09. The summed E-state index contributed by atoms with van der Waals surface area (Å²) in [6, 6.07) is 5.59. The van der Waals surface area contributed by atoms with Crippen LogP contribution in [-0.4, -0.2) is 11.6 Å². The van der Waals surface area contributed by atoms with Crippen LogP contribution in [0.5, 0.6) is 5.75 Å². The summed E-state index contributed by atoms with van der Waals surface area (Å²) in [6.07, 6.45) is 1.43. The fourth-order valence-electron chi connectivity index (χ4n) is 1.09. The Hall–Kier alpha value is -1.51. The van der Waals surface area contributed by atoms with Crippen LogP contribution in [0.3, 0.4) is 0 Å². The average Bonchev–Trinajstić information content (AvgIpc) is 2.51. The molecule has 0 spiro atoms. The van der Waals surface area contributed by atoms with Crippen molar-refractivity contribution in [1.29, 1.82) is 0 Å². The van der Waals surface area contributed by atoms with Gasteiger partial charge in [-0.15, -0.1) is 0 Å². The lowest BCUT2D eigenvalue weighted by Crippen LogP contribution is -1.90. The van der Waals surface area contributed by atoms with Crippen molar-refractivity contribution in [3.8, 4) is 5.75 Å². The normalized spacial score (nSPS) is 10.4. The van der Waals surface area contributed by atoms with E-state index in [1.165, 1.54) is 6.39 Å². The van der Waals surface area contributed by atoms with Gasteiger partial charge in [-0.1, -0.05) is 0 Å². The summed E-state index contributed by atoms with van der Waals surface area (Å²) < 4.78 is 10.4. The van der Waals surface area contributed by atoms with Crippen molar-refractivity contribution in [2.24, 2.45) is 0 Å². The van der Waals surface area contributed by atoms with Gasteiger partial charge in [0.05, 0.1) is 6.61 Å². The van der Waals surface area contributed by atoms with Gasteiger partial charge in [0.25, 0.3) is 0 Å². The van der Waals surface area contributed by atoms with E-state index < -0.39 is 0 Å². The van der Waals surface area contributed by atoms with E-state index in [0.29, 0.717) is 6.61 Å². The number of oxazole rings is 1. The van der Waals surface area contributed by atoms with Crippen LogP contribution >= 0.6 is 0 Å². The first-order valence-electron chi connectivity index (χ1n) is 3.86. The zero-order valence-electron chi connectivity index (χ0n) is 6.78. The first-order valence-corrected chi connectivity index (χ1v) is 3.86. The van der Waals surface area contributed by atoms with Crippen molar-refractivity contribution in [3.63, 3.8) is 0 Å². The molecule has 1 aromatic carbocycles. The van der Waals surface area contributed by atoms with Gasteiger partial charge in [-0.2, -0.15) is 0 Å². The molecule has 1 aromatic heterocycles. The second-order valence-electron chi connectivity index (χ2n) is 2.41. The van der Waals surface area contributed by atoms with E-state index in [0.717, 1.165) is 16.8 Å². The highest BCUT2D eigenvalue weighted by Crippen LogP contribution is 2.18. The summed E-state index contributed by atoms with van der Waals surface area (Å²) in [4.78, 5) is 4.01. The highest BCUT2D eigenvalue weighted by atomic mass is 16.5. The second kappa shape index (κ2) is 2.85. The number of benzene rings is 1. The minimum absolute atomic E-state index is 0.670. The molecule has 0 atom stereocenters. The summed E-state index contributed by atoms with van der Waals surface area (Å²) in [5.41, 5.74) is 1.62. The quantitative estimate of drug-likeness (QED) is 0.680. The van der Waals surface area contributed by atoms with E-state index in [4.69, 9.17) is 9.15 Å². The molecule has 0 aliphatic heterocycles. The number of hydrogen-bond donors (Lipinski definition) is 0.